The van der Waals surface area contributed by atoms with Crippen molar-refractivity contribution in [2.75, 3.05) is 18.5 Å². The van der Waals surface area contributed by atoms with Crippen LogP contribution in [0.2, 0.25) is 0 Å². The van der Waals surface area contributed by atoms with Crippen LogP contribution >= 0.6 is 22.6 Å². The summed E-state index contributed by atoms with van der Waals surface area (Å²) in [5, 5.41) is 12.0. The Morgan fingerprint density at radius 3 is 2.81 bits per heavy atom. The molecule has 6 heteroatoms. The molecule has 0 heterocycles. The number of benzene rings is 2. The molecule has 0 fully saturated rings. The Hall–Kier alpha value is -1.83. The molecule has 2 N–H and O–H groups in total. The van der Waals surface area contributed by atoms with E-state index in [-0.39, 0.29) is 11.4 Å². The number of anilines is 1. The highest BCUT2D eigenvalue weighted by Gasteiger charge is 2.04. The number of carbonyl (C=O) groups is 1. The topological polar surface area (TPSA) is 58.6 Å². The maximum atomic E-state index is 13.0. The first-order valence-corrected chi connectivity index (χ1v) is 7.29. The maximum absolute atomic E-state index is 13.0. The first kappa shape index (κ1) is 15.6. The van der Waals surface area contributed by atoms with Crippen LogP contribution in [-0.2, 0) is 0 Å². The van der Waals surface area contributed by atoms with Crippen molar-refractivity contribution in [3.05, 3.63) is 57.4 Å². The normalized spacial score (nSPS) is 10.2. The zero-order valence-corrected chi connectivity index (χ0v) is 13.1. The number of hydrogen-bond donors (Lipinski definition) is 2. The van der Waals surface area contributed by atoms with Crippen molar-refractivity contribution in [2.24, 2.45) is 0 Å². The second-order valence-corrected chi connectivity index (χ2v) is 5.39. The van der Waals surface area contributed by atoms with Gasteiger partial charge in [-0.15, -0.1) is 0 Å². The summed E-state index contributed by atoms with van der Waals surface area (Å²) in [5.74, 6) is -0.753. The average molecular weight is 401 g/mol. The van der Waals surface area contributed by atoms with Crippen molar-refractivity contribution in [3.63, 3.8) is 0 Å². The lowest BCUT2D eigenvalue weighted by Crippen LogP contribution is -2.12. The van der Waals surface area contributed by atoms with E-state index in [4.69, 9.17) is 9.84 Å². The van der Waals surface area contributed by atoms with Crippen LogP contribution in [0, 0.1) is 9.39 Å². The molecule has 0 aromatic heterocycles. The molecule has 0 aliphatic rings. The second kappa shape index (κ2) is 7.26. The third kappa shape index (κ3) is 4.59. The monoisotopic (exact) mass is 401 g/mol. The van der Waals surface area contributed by atoms with Gasteiger partial charge < -0.3 is 15.2 Å². The molecule has 0 bridgehead atoms. The molecule has 0 unspecified atom stereocenters. The van der Waals surface area contributed by atoms with E-state index >= 15 is 0 Å². The van der Waals surface area contributed by atoms with E-state index in [1.165, 1.54) is 24.3 Å². The number of hydrogen-bond acceptors (Lipinski definition) is 3. The zero-order chi connectivity index (χ0) is 15.2. The largest absolute Gasteiger partial charge is 0.492 e. The minimum Gasteiger partial charge on any atom is -0.492 e. The highest BCUT2D eigenvalue weighted by Crippen LogP contribution is 2.19. The van der Waals surface area contributed by atoms with Crippen LogP contribution < -0.4 is 10.1 Å². The maximum Gasteiger partial charge on any atom is 0.335 e. The van der Waals surface area contributed by atoms with Crippen molar-refractivity contribution < 1.29 is 19.0 Å². The SMILES string of the molecule is O=C(O)c1cccc(OCCNc2ccc(F)cc2I)c1. The molecule has 21 heavy (non-hydrogen) atoms. The van der Waals surface area contributed by atoms with Crippen LogP contribution in [-0.4, -0.2) is 24.2 Å². The Kier molecular flexibility index (Phi) is 5.38. The lowest BCUT2D eigenvalue weighted by atomic mass is 10.2. The molecular weight excluding hydrogens is 388 g/mol. The first-order valence-electron chi connectivity index (χ1n) is 6.21. The van der Waals surface area contributed by atoms with Crippen LogP contribution in [0.4, 0.5) is 10.1 Å². The van der Waals surface area contributed by atoms with E-state index in [1.54, 1.807) is 18.2 Å². The summed E-state index contributed by atoms with van der Waals surface area (Å²) in [5.41, 5.74) is 1.02. The quantitative estimate of drug-likeness (QED) is 0.574. The van der Waals surface area contributed by atoms with Gasteiger partial charge in [0.15, 0.2) is 0 Å². The van der Waals surface area contributed by atoms with E-state index in [0.717, 1.165) is 9.26 Å². The minimum absolute atomic E-state index is 0.188. The molecular formula is C15H13FINO3. The number of ether oxygens (including phenoxy) is 1. The highest BCUT2D eigenvalue weighted by molar-refractivity contribution is 14.1. The zero-order valence-electron chi connectivity index (χ0n) is 11.0. The van der Waals surface area contributed by atoms with Gasteiger partial charge in [-0.05, 0) is 59.0 Å². The fraction of sp³-hybridized carbons (Fsp3) is 0.133. The number of aromatic carboxylic acids is 1. The minimum atomic E-state index is -0.987. The standard InChI is InChI=1S/C15H13FINO3/c16-11-4-5-14(13(17)9-11)18-6-7-21-12-3-1-2-10(8-12)15(19)20/h1-5,8-9,18H,6-7H2,(H,19,20). The molecule has 0 saturated carbocycles. The van der Waals surface area contributed by atoms with Crippen molar-refractivity contribution in [1.82, 2.24) is 0 Å². The summed E-state index contributed by atoms with van der Waals surface area (Å²) in [6.07, 6.45) is 0. The molecule has 0 atom stereocenters. The summed E-state index contributed by atoms with van der Waals surface area (Å²) >= 11 is 2.05. The van der Waals surface area contributed by atoms with E-state index in [1.807, 2.05) is 0 Å². The van der Waals surface area contributed by atoms with Gasteiger partial charge in [0, 0.05) is 15.8 Å². The first-order chi connectivity index (χ1) is 10.1. The summed E-state index contributed by atoms with van der Waals surface area (Å²) in [4.78, 5) is 10.8. The predicted molar refractivity (Wildman–Crippen MR) is 86.5 cm³/mol. The number of halogens is 2. The molecule has 2 rings (SSSR count). The van der Waals surface area contributed by atoms with Crippen molar-refractivity contribution in [1.29, 1.82) is 0 Å². The summed E-state index contributed by atoms with van der Waals surface area (Å²) < 4.78 is 19.2. The molecule has 2 aromatic carbocycles. The van der Waals surface area contributed by atoms with Gasteiger partial charge in [-0.3, -0.25) is 0 Å². The molecule has 0 aliphatic carbocycles. The molecule has 0 aliphatic heterocycles. The lowest BCUT2D eigenvalue weighted by molar-refractivity contribution is 0.0696. The van der Waals surface area contributed by atoms with E-state index in [9.17, 15) is 9.18 Å². The van der Waals surface area contributed by atoms with E-state index in [2.05, 4.69) is 27.9 Å². The third-order valence-electron chi connectivity index (χ3n) is 2.70. The molecule has 0 amide bonds. The Labute approximate surface area is 135 Å². The summed E-state index contributed by atoms with van der Waals surface area (Å²) in [6, 6.07) is 10.8. The molecule has 0 spiro atoms. The molecule has 2 aromatic rings. The number of carboxylic acids is 1. The van der Waals surface area contributed by atoms with Crippen LogP contribution in [0.1, 0.15) is 10.4 Å². The molecule has 4 nitrogen and oxygen atoms in total. The molecule has 110 valence electrons. The highest BCUT2D eigenvalue weighted by atomic mass is 127. The van der Waals surface area contributed by atoms with Crippen molar-refractivity contribution >= 4 is 34.2 Å². The van der Waals surface area contributed by atoms with Crippen LogP contribution in [0.15, 0.2) is 42.5 Å². The van der Waals surface area contributed by atoms with E-state index < -0.39 is 5.97 Å². The van der Waals surface area contributed by atoms with Gasteiger partial charge in [0.05, 0.1) is 5.56 Å². The number of rotatable bonds is 6. The van der Waals surface area contributed by atoms with Gasteiger partial charge >= 0.3 is 5.97 Å². The van der Waals surface area contributed by atoms with E-state index in [0.29, 0.717) is 18.9 Å². The third-order valence-corrected chi connectivity index (χ3v) is 3.59. The Morgan fingerprint density at radius 2 is 2.10 bits per heavy atom. The van der Waals surface area contributed by atoms with Gasteiger partial charge in [-0.1, -0.05) is 6.07 Å². The van der Waals surface area contributed by atoms with Crippen LogP contribution in [0.3, 0.4) is 0 Å². The second-order valence-electron chi connectivity index (χ2n) is 4.23. The summed E-state index contributed by atoms with van der Waals surface area (Å²) in [6.45, 7) is 0.898. The van der Waals surface area contributed by atoms with Gasteiger partial charge in [0.2, 0.25) is 0 Å². The Bertz CT molecular complexity index is 649. The van der Waals surface area contributed by atoms with Crippen molar-refractivity contribution in [3.8, 4) is 5.75 Å². The van der Waals surface area contributed by atoms with Gasteiger partial charge in [0.1, 0.15) is 18.2 Å². The lowest BCUT2D eigenvalue weighted by Gasteiger charge is -2.10. The molecule has 0 radical (unpaired) electrons. The van der Waals surface area contributed by atoms with Gasteiger partial charge in [0.25, 0.3) is 0 Å². The fourth-order valence-corrected chi connectivity index (χ4v) is 2.37. The van der Waals surface area contributed by atoms with Crippen LogP contribution in [0.25, 0.3) is 0 Å². The number of carboxylic acid groups (broad SMARTS) is 1. The Morgan fingerprint density at radius 1 is 1.29 bits per heavy atom. The average Bonchev–Trinajstić information content (AvgIpc) is 2.45. The smallest absolute Gasteiger partial charge is 0.335 e. The predicted octanol–water partition coefficient (Wildman–Crippen LogP) is 3.62. The van der Waals surface area contributed by atoms with Gasteiger partial charge in [-0.2, -0.15) is 0 Å². The van der Waals surface area contributed by atoms with Crippen LogP contribution in [0.5, 0.6) is 5.75 Å². The molecule has 0 saturated heterocycles. The Balaban J connectivity index is 1.84. The van der Waals surface area contributed by atoms with Crippen molar-refractivity contribution in [2.45, 2.75) is 0 Å². The number of nitrogens with one attached hydrogen (secondary N) is 1. The summed E-state index contributed by atoms with van der Waals surface area (Å²) in [7, 11) is 0. The van der Waals surface area contributed by atoms with Gasteiger partial charge in [-0.25, -0.2) is 9.18 Å². The fourth-order valence-electron chi connectivity index (χ4n) is 1.71.